The van der Waals surface area contributed by atoms with Crippen LogP contribution in [0.3, 0.4) is 0 Å². The lowest BCUT2D eigenvalue weighted by Crippen LogP contribution is -2.12. The average molecular weight is 252 g/mol. The van der Waals surface area contributed by atoms with E-state index in [-0.39, 0.29) is 24.1 Å². The van der Waals surface area contributed by atoms with E-state index in [1.165, 1.54) is 6.07 Å². The molecule has 1 rings (SSSR count). The molecule has 0 bridgehead atoms. The number of benzene rings is 1. The van der Waals surface area contributed by atoms with Gasteiger partial charge < -0.3 is 4.74 Å². The molecule has 1 aromatic carbocycles. The summed E-state index contributed by atoms with van der Waals surface area (Å²) in [5.41, 5.74) is 0.604. The fraction of sp³-hybridized carbons (Fsp3) is 0.533. The second kappa shape index (κ2) is 7.85. The van der Waals surface area contributed by atoms with Crippen LogP contribution in [-0.4, -0.2) is 12.6 Å². The predicted octanol–water partition coefficient (Wildman–Crippen LogP) is 4.05. The lowest BCUT2D eigenvalue weighted by molar-refractivity contribution is -0.144. The molecule has 18 heavy (non-hydrogen) atoms. The molecule has 0 N–H and O–H groups in total. The minimum absolute atomic E-state index is 0.0969. The quantitative estimate of drug-likeness (QED) is 0.540. The van der Waals surface area contributed by atoms with Crippen LogP contribution in [0.5, 0.6) is 0 Å². The number of rotatable bonds is 7. The SMILES string of the molecule is CCCCOC(=O)CC(CC)c1ccccc1F. The van der Waals surface area contributed by atoms with Crippen molar-refractivity contribution in [2.45, 2.75) is 45.4 Å². The van der Waals surface area contributed by atoms with Gasteiger partial charge in [-0.25, -0.2) is 4.39 Å². The van der Waals surface area contributed by atoms with E-state index in [0.29, 0.717) is 12.2 Å². The van der Waals surface area contributed by atoms with Crippen LogP contribution in [0.1, 0.15) is 51.0 Å². The maximum Gasteiger partial charge on any atom is 0.306 e. The van der Waals surface area contributed by atoms with E-state index in [1.807, 2.05) is 13.8 Å². The summed E-state index contributed by atoms with van der Waals surface area (Å²) in [7, 11) is 0. The van der Waals surface area contributed by atoms with Crippen molar-refractivity contribution in [1.29, 1.82) is 0 Å². The van der Waals surface area contributed by atoms with E-state index in [4.69, 9.17) is 4.74 Å². The van der Waals surface area contributed by atoms with Gasteiger partial charge in [-0.15, -0.1) is 0 Å². The third-order valence-corrected chi connectivity index (χ3v) is 3.01. The second-order valence-corrected chi connectivity index (χ2v) is 4.40. The highest BCUT2D eigenvalue weighted by atomic mass is 19.1. The van der Waals surface area contributed by atoms with Crippen molar-refractivity contribution < 1.29 is 13.9 Å². The molecule has 0 heterocycles. The van der Waals surface area contributed by atoms with Crippen LogP contribution >= 0.6 is 0 Å². The van der Waals surface area contributed by atoms with Gasteiger partial charge in [-0.1, -0.05) is 38.5 Å². The van der Waals surface area contributed by atoms with Crippen LogP contribution < -0.4 is 0 Å². The van der Waals surface area contributed by atoms with Crippen LogP contribution in [0.4, 0.5) is 4.39 Å². The fourth-order valence-electron chi connectivity index (χ4n) is 1.87. The zero-order valence-electron chi connectivity index (χ0n) is 11.1. The van der Waals surface area contributed by atoms with Crippen molar-refractivity contribution in [2.24, 2.45) is 0 Å². The van der Waals surface area contributed by atoms with Gasteiger partial charge in [-0.3, -0.25) is 4.79 Å². The number of ether oxygens (including phenoxy) is 1. The number of hydrogen-bond acceptors (Lipinski definition) is 2. The molecule has 0 saturated heterocycles. The van der Waals surface area contributed by atoms with Gasteiger partial charge in [-0.2, -0.15) is 0 Å². The fourth-order valence-corrected chi connectivity index (χ4v) is 1.87. The number of carbonyl (C=O) groups is 1. The Morgan fingerprint density at radius 3 is 2.67 bits per heavy atom. The van der Waals surface area contributed by atoms with Crippen molar-refractivity contribution >= 4 is 5.97 Å². The lowest BCUT2D eigenvalue weighted by atomic mass is 9.93. The molecule has 0 amide bonds. The van der Waals surface area contributed by atoms with Gasteiger partial charge in [-0.05, 0) is 30.4 Å². The zero-order valence-corrected chi connectivity index (χ0v) is 11.1. The standard InChI is InChI=1S/C15H21FO2/c1-3-5-10-18-15(17)11-12(4-2)13-8-6-7-9-14(13)16/h6-9,12H,3-5,10-11H2,1-2H3. The predicted molar refractivity (Wildman–Crippen MR) is 69.9 cm³/mol. The lowest BCUT2D eigenvalue weighted by Gasteiger charge is -2.15. The Bertz CT molecular complexity index is 377. The number of hydrogen-bond donors (Lipinski definition) is 0. The smallest absolute Gasteiger partial charge is 0.306 e. The minimum atomic E-state index is -0.245. The van der Waals surface area contributed by atoms with Crippen LogP contribution in [0, 0.1) is 5.82 Å². The molecule has 0 aliphatic carbocycles. The maximum absolute atomic E-state index is 13.6. The van der Waals surface area contributed by atoms with Gasteiger partial charge in [0.15, 0.2) is 0 Å². The Morgan fingerprint density at radius 2 is 2.06 bits per heavy atom. The third-order valence-electron chi connectivity index (χ3n) is 3.01. The third kappa shape index (κ3) is 4.47. The average Bonchev–Trinajstić information content (AvgIpc) is 2.37. The number of unbranched alkanes of at least 4 members (excludes halogenated alkanes) is 1. The van der Waals surface area contributed by atoms with Gasteiger partial charge in [0.25, 0.3) is 0 Å². The number of carbonyl (C=O) groups excluding carboxylic acids is 1. The molecule has 1 atom stereocenters. The van der Waals surface area contributed by atoms with E-state index in [1.54, 1.807) is 18.2 Å². The summed E-state index contributed by atoms with van der Waals surface area (Å²) in [6, 6.07) is 6.62. The van der Waals surface area contributed by atoms with Crippen LogP contribution in [-0.2, 0) is 9.53 Å². The molecular formula is C15H21FO2. The zero-order chi connectivity index (χ0) is 13.4. The van der Waals surface area contributed by atoms with Gasteiger partial charge in [0.05, 0.1) is 13.0 Å². The number of halogens is 1. The second-order valence-electron chi connectivity index (χ2n) is 4.40. The van der Waals surface area contributed by atoms with E-state index in [9.17, 15) is 9.18 Å². The Hall–Kier alpha value is -1.38. The van der Waals surface area contributed by atoms with Crippen molar-refractivity contribution in [1.82, 2.24) is 0 Å². The first-order valence-corrected chi connectivity index (χ1v) is 6.59. The van der Waals surface area contributed by atoms with Crippen molar-refractivity contribution in [3.63, 3.8) is 0 Å². The topological polar surface area (TPSA) is 26.3 Å². The molecule has 1 unspecified atom stereocenters. The highest BCUT2D eigenvalue weighted by molar-refractivity contribution is 5.70. The molecule has 2 nitrogen and oxygen atoms in total. The summed E-state index contributed by atoms with van der Waals surface area (Å²) in [5, 5.41) is 0. The molecule has 3 heteroatoms. The first-order valence-electron chi connectivity index (χ1n) is 6.59. The van der Waals surface area contributed by atoms with Crippen LogP contribution in [0.25, 0.3) is 0 Å². The van der Waals surface area contributed by atoms with Gasteiger partial charge in [0.2, 0.25) is 0 Å². The van der Waals surface area contributed by atoms with Gasteiger partial charge >= 0.3 is 5.97 Å². The van der Waals surface area contributed by atoms with E-state index in [0.717, 1.165) is 19.3 Å². The van der Waals surface area contributed by atoms with Crippen molar-refractivity contribution in [3.05, 3.63) is 35.6 Å². The minimum Gasteiger partial charge on any atom is -0.466 e. The highest BCUT2D eigenvalue weighted by Gasteiger charge is 2.18. The summed E-state index contributed by atoms with van der Waals surface area (Å²) in [6.07, 6.45) is 2.85. The molecule has 100 valence electrons. The van der Waals surface area contributed by atoms with Gasteiger partial charge in [0, 0.05) is 0 Å². The Morgan fingerprint density at radius 1 is 1.33 bits per heavy atom. The normalized spacial score (nSPS) is 12.2. The van der Waals surface area contributed by atoms with E-state index in [2.05, 4.69) is 0 Å². The summed E-state index contributed by atoms with van der Waals surface area (Å²) in [4.78, 5) is 11.6. The molecule has 0 radical (unpaired) electrons. The Kier molecular flexibility index (Phi) is 6.40. The largest absolute Gasteiger partial charge is 0.466 e. The molecule has 0 aliphatic rings. The van der Waals surface area contributed by atoms with Crippen LogP contribution in [0.15, 0.2) is 24.3 Å². The molecule has 0 saturated carbocycles. The molecule has 0 spiro atoms. The van der Waals surface area contributed by atoms with Crippen molar-refractivity contribution in [2.75, 3.05) is 6.61 Å². The Balaban J connectivity index is 2.57. The summed E-state index contributed by atoms with van der Waals surface area (Å²) < 4.78 is 18.7. The monoisotopic (exact) mass is 252 g/mol. The van der Waals surface area contributed by atoms with E-state index < -0.39 is 0 Å². The van der Waals surface area contributed by atoms with Crippen LogP contribution in [0.2, 0.25) is 0 Å². The molecule has 0 fully saturated rings. The Labute approximate surface area is 108 Å². The maximum atomic E-state index is 13.6. The summed E-state index contributed by atoms with van der Waals surface area (Å²) in [6.45, 7) is 4.46. The summed E-state index contributed by atoms with van der Waals surface area (Å²) >= 11 is 0. The number of esters is 1. The van der Waals surface area contributed by atoms with E-state index >= 15 is 0 Å². The highest BCUT2D eigenvalue weighted by Crippen LogP contribution is 2.25. The van der Waals surface area contributed by atoms with Crippen molar-refractivity contribution in [3.8, 4) is 0 Å². The first-order chi connectivity index (χ1) is 8.69. The first kappa shape index (κ1) is 14.7. The molecule has 0 aliphatic heterocycles. The molecular weight excluding hydrogens is 231 g/mol. The molecule has 1 aromatic rings. The summed E-state index contributed by atoms with van der Waals surface area (Å²) in [5.74, 6) is -0.579. The van der Waals surface area contributed by atoms with Gasteiger partial charge in [0.1, 0.15) is 5.82 Å². The molecule has 0 aromatic heterocycles.